The van der Waals surface area contributed by atoms with Crippen LogP contribution >= 0.6 is 0 Å². The first-order valence-electron chi connectivity index (χ1n) is 6.57. The minimum atomic E-state index is -0.0537. The highest BCUT2D eigenvalue weighted by molar-refractivity contribution is 5.12. The van der Waals surface area contributed by atoms with Gasteiger partial charge in [-0.2, -0.15) is 0 Å². The molecule has 0 spiro atoms. The van der Waals surface area contributed by atoms with Gasteiger partial charge in [0.05, 0.1) is 6.10 Å². The van der Waals surface area contributed by atoms with Gasteiger partial charge in [0.2, 0.25) is 0 Å². The predicted octanol–water partition coefficient (Wildman–Crippen LogP) is 2.28. The van der Waals surface area contributed by atoms with E-state index in [0.717, 1.165) is 38.1 Å². The fourth-order valence-electron chi connectivity index (χ4n) is 2.44. The standard InChI is InChI=1S/C14H22N2O/c1-11(13-3-2-8-15-10-13)16-9-12-4-6-14(17)7-5-12/h2-3,8,10-12,14,16-17H,4-7,9H2,1H3. The number of rotatable bonds is 4. The summed E-state index contributed by atoms with van der Waals surface area (Å²) in [5, 5.41) is 13.0. The van der Waals surface area contributed by atoms with Gasteiger partial charge in [0.15, 0.2) is 0 Å². The molecule has 1 aliphatic rings. The van der Waals surface area contributed by atoms with Gasteiger partial charge in [0.1, 0.15) is 0 Å². The Bertz CT molecular complexity index is 320. The first kappa shape index (κ1) is 12.5. The van der Waals surface area contributed by atoms with Crippen LogP contribution in [0.15, 0.2) is 24.5 Å². The number of aromatic nitrogens is 1. The molecule has 1 saturated carbocycles. The molecule has 1 heterocycles. The smallest absolute Gasteiger partial charge is 0.0540 e. The molecule has 17 heavy (non-hydrogen) atoms. The van der Waals surface area contributed by atoms with Crippen molar-refractivity contribution in [2.24, 2.45) is 5.92 Å². The lowest BCUT2D eigenvalue weighted by molar-refractivity contribution is 0.108. The maximum Gasteiger partial charge on any atom is 0.0540 e. The van der Waals surface area contributed by atoms with Gasteiger partial charge in [-0.25, -0.2) is 0 Å². The van der Waals surface area contributed by atoms with Crippen LogP contribution < -0.4 is 5.32 Å². The summed E-state index contributed by atoms with van der Waals surface area (Å²) >= 11 is 0. The van der Waals surface area contributed by atoms with Crippen molar-refractivity contribution in [2.75, 3.05) is 6.54 Å². The molecule has 0 bridgehead atoms. The lowest BCUT2D eigenvalue weighted by atomic mass is 9.87. The molecule has 1 atom stereocenters. The summed E-state index contributed by atoms with van der Waals surface area (Å²) in [6.45, 7) is 3.22. The third kappa shape index (κ3) is 3.79. The number of hydrogen-bond acceptors (Lipinski definition) is 3. The van der Waals surface area contributed by atoms with Crippen LogP contribution in [0.25, 0.3) is 0 Å². The van der Waals surface area contributed by atoms with Crippen molar-refractivity contribution in [3.63, 3.8) is 0 Å². The largest absolute Gasteiger partial charge is 0.393 e. The predicted molar refractivity (Wildman–Crippen MR) is 68.6 cm³/mol. The van der Waals surface area contributed by atoms with Crippen LogP contribution in [0.1, 0.15) is 44.2 Å². The summed E-state index contributed by atoms with van der Waals surface area (Å²) in [5.74, 6) is 0.720. The maximum atomic E-state index is 9.45. The normalized spacial score (nSPS) is 26.7. The summed E-state index contributed by atoms with van der Waals surface area (Å²) < 4.78 is 0. The lowest BCUT2D eigenvalue weighted by Crippen LogP contribution is -2.29. The Balaban J connectivity index is 1.75. The van der Waals surface area contributed by atoms with Gasteiger partial charge < -0.3 is 10.4 Å². The van der Waals surface area contributed by atoms with Gasteiger partial charge in [0, 0.05) is 18.4 Å². The number of hydrogen-bond donors (Lipinski definition) is 2. The van der Waals surface area contributed by atoms with E-state index in [4.69, 9.17) is 0 Å². The fraction of sp³-hybridized carbons (Fsp3) is 0.643. The van der Waals surface area contributed by atoms with Crippen LogP contribution in [0.3, 0.4) is 0 Å². The van der Waals surface area contributed by atoms with Gasteiger partial charge >= 0.3 is 0 Å². The molecule has 1 aromatic heterocycles. The van der Waals surface area contributed by atoms with Crippen LogP contribution in [0.5, 0.6) is 0 Å². The van der Waals surface area contributed by atoms with Gasteiger partial charge in [-0.1, -0.05) is 6.07 Å². The molecule has 0 radical (unpaired) electrons. The van der Waals surface area contributed by atoms with E-state index in [1.165, 1.54) is 5.56 Å². The zero-order chi connectivity index (χ0) is 12.1. The second kappa shape index (κ2) is 6.12. The van der Waals surface area contributed by atoms with Gasteiger partial charge in [-0.05, 0) is 56.7 Å². The van der Waals surface area contributed by atoms with E-state index in [9.17, 15) is 5.11 Å². The summed E-state index contributed by atoms with van der Waals surface area (Å²) in [6, 6.07) is 4.44. The zero-order valence-corrected chi connectivity index (χ0v) is 10.5. The molecule has 1 aromatic rings. The van der Waals surface area contributed by atoms with E-state index in [0.29, 0.717) is 6.04 Å². The van der Waals surface area contributed by atoms with E-state index in [1.807, 2.05) is 12.3 Å². The number of nitrogens with one attached hydrogen (secondary N) is 1. The van der Waals surface area contributed by atoms with Crippen LogP contribution in [0.4, 0.5) is 0 Å². The van der Waals surface area contributed by atoms with E-state index >= 15 is 0 Å². The van der Waals surface area contributed by atoms with Crippen LogP contribution in [-0.2, 0) is 0 Å². The molecule has 2 N–H and O–H groups in total. The van der Waals surface area contributed by atoms with Crippen molar-refractivity contribution in [2.45, 2.75) is 44.8 Å². The van der Waals surface area contributed by atoms with Crippen molar-refractivity contribution in [3.05, 3.63) is 30.1 Å². The van der Waals surface area contributed by atoms with Crippen molar-refractivity contribution in [1.29, 1.82) is 0 Å². The summed E-state index contributed by atoms with van der Waals surface area (Å²) in [5.41, 5.74) is 1.24. The molecule has 1 fully saturated rings. The Hall–Kier alpha value is -0.930. The number of aliphatic hydroxyl groups excluding tert-OH is 1. The van der Waals surface area contributed by atoms with E-state index in [1.54, 1.807) is 6.20 Å². The Morgan fingerprint density at radius 3 is 2.82 bits per heavy atom. The quantitative estimate of drug-likeness (QED) is 0.840. The molecule has 0 aliphatic heterocycles. The second-order valence-electron chi connectivity index (χ2n) is 5.09. The first-order valence-corrected chi connectivity index (χ1v) is 6.57. The average molecular weight is 234 g/mol. The number of pyridine rings is 1. The van der Waals surface area contributed by atoms with E-state index in [-0.39, 0.29) is 6.10 Å². The van der Waals surface area contributed by atoms with E-state index in [2.05, 4.69) is 23.3 Å². The second-order valence-corrected chi connectivity index (χ2v) is 5.09. The molecular weight excluding hydrogens is 212 g/mol. The minimum absolute atomic E-state index is 0.0537. The lowest BCUT2D eigenvalue weighted by Gasteiger charge is -2.27. The minimum Gasteiger partial charge on any atom is -0.393 e. The van der Waals surface area contributed by atoms with Crippen molar-refractivity contribution < 1.29 is 5.11 Å². The Morgan fingerprint density at radius 1 is 1.41 bits per heavy atom. The summed E-state index contributed by atoms with van der Waals surface area (Å²) in [6.07, 6.45) is 7.89. The molecule has 1 unspecified atom stereocenters. The zero-order valence-electron chi connectivity index (χ0n) is 10.5. The third-order valence-electron chi connectivity index (χ3n) is 3.71. The Kier molecular flexibility index (Phi) is 4.51. The molecule has 0 saturated heterocycles. The fourth-order valence-corrected chi connectivity index (χ4v) is 2.44. The van der Waals surface area contributed by atoms with Crippen molar-refractivity contribution >= 4 is 0 Å². The average Bonchev–Trinajstić information content (AvgIpc) is 2.39. The van der Waals surface area contributed by atoms with E-state index < -0.39 is 0 Å². The van der Waals surface area contributed by atoms with Crippen LogP contribution in [0, 0.1) is 5.92 Å². The number of nitrogens with zero attached hydrogens (tertiary/aromatic N) is 1. The van der Waals surface area contributed by atoms with Crippen molar-refractivity contribution in [3.8, 4) is 0 Å². The highest BCUT2D eigenvalue weighted by Gasteiger charge is 2.19. The highest BCUT2D eigenvalue weighted by Crippen LogP contribution is 2.24. The van der Waals surface area contributed by atoms with Crippen LogP contribution in [-0.4, -0.2) is 22.7 Å². The highest BCUT2D eigenvalue weighted by atomic mass is 16.3. The molecule has 3 nitrogen and oxygen atoms in total. The summed E-state index contributed by atoms with van der Waals surface area (Å²) in [4.78, 5) is 4.14. The number of aliphatic hydroxyl groups is 1. The van der Waals surface area contributed by atoms with Gasteiger partial charge in [-0.3, -0.25) is 4.98 Å². The molecule has 3 heteroatoms. The molecule has 1 aliphatic carbocycles. The molecule has 0 aromatic carbocycles. The van der Waals surface area contributed by atoms with Gasteiger partial charge in [0.25, 0.3) is 0 Å². The topological polar surface area (TPSA) is 45.1 Å². The Morgan fingerprint density at radius 2 is 2.18 bits per heavy atom. The van der Waals surface area contributed by atoms with Crippen LogP contribution in [0.2, 0.25) is 0 Å². The third-order valence-corrected chi connectivity index (χ3v) is 3.71. The monoisotopic (exact) mass is 234 g/mol. The van der Waals surface area contributed by atoms with Crippen molar-refractivity contribution in [1.82, 2.24) is 10.3 Å². The first-order chi connectivity index (χ1) is 8.25. The SMILES string of the molecule is CC(NCC1CCC(O)CC1)c1cccnc1. The Labute approximate surface area is 103 Å². The molecule has 0 amide bonds. The maximum absolute atomic E-state index is 9.45. The molecule has 94 valence electrons. The van der Waals surface area contributed by atoms with Gasteiger partial charge in [-0.15, -0.1) is 0 Å². The molecular formula is C14H22N2O. The molecule has 2 rings (SSSR count). The summed E-state index contributed by atoms with van der Waals surface area (Å²) in [7, 11) is 0.